The summed E-state index contributed by atoms with van der Waals surface area (Å²) in [6.07, 6.45) is 6.02. The SMILES string of the molecule is CCNCCCc1cnn(-c2ccc(Cl)cc2Cl)c1. The number of aryl methyl sites for hydroxylation is 1. The highest BCUT2D eigenvalue weighted by molar-refractivity contribution is 6.35. The lowest BCUT2D eigenvalue weighted by Gasteiger charge is -2.04. The Morgan fingerprint density at radius 2 is 2.16 bits per heavy atom. The van der Waals surface area contributed by atoms with Crippen LogP contribution in [0.25, 0.3) is 5.69 Å². The van der Waals surface area contributed by atoms with Crippen LogP contribution in [0, 0.1) is 0 Å². The van der Waals surface area contributed by atoms with E-state index in [4.69, 9.17) is 23.2 Å². The molecule has 0 atom stereocenters. The molecule has 0 spiro atoms. The average molecular weight is 298 g/mol. The van der Waals surface area contributed by atoms with Crippen molar-refractivity contribution in [3.8, 4) is 5.69 Å². The monoisotopic (exact) mass is 297 g/mol. The lowest BCUT2D eigenvalue weighted by Crippen LogP contribution is -2.14. The summed E-state index contributed by atoms with van der Waals surface area (Å²) in [7, 11) is 0. The minimum atomic E-state index is 0.606. The zero-order valence-corrected chi connectivity index (χ0v) is 12.4. The molecule has 1 aromatic carbocycles. The average Bonchev–Trinajstić information content (AvgIpc) is 2.83. The molecule has 19 heavy (non-hydrogen) atoms. The fourth-order valence-corrected chi connectivity index (χ4v) is 2.38. The number of benzene rings is 1. The van der Waals surface area contributed by atoms with Gasteiger partial charge in [0.15, 0.2) is 0 Å². The van der Waals surface area contributed by atoms with Gasteiger partial charge in [-0.25, -0.2) is 4.68 Å². The van der Waals surface area contributed by atoms with E-state index in [0.717, 1.165) is 31.6 Å². The van der Waals surface area contributed by atoms with Crippen molar-refractivity contribution in [2.45, 2.75) is 19.8 Å². The van der Waals surface area contributed by atoms with Crippen molar-refractivity contribution in [1.82, 2.24) is 15.1 Å². The Morgan fingerprint density at radius 1 is 1.32 bits per heavy atom. The minimum Gasteiger partial charge on any atom is -0.317 e. The van der Waals surface area contributed by atoms with Gasteiger partial charge < -0.3 is 5.32 Å². The maximum Gasteiger partial charge on any atom is 0.0832 e. The number of hydrogen-bond acceptors (Lipinski definition) is 2. The topological polar surface area (TPSA) is 29.9 Å². The predicted octanol–water partition coefficient (Wildman–Crippen LogP) is 3.72. The lowest BCUT2D eigenvalue weighted by molar-refractivity contribution is 0.672. The van der Waals surface area contributed by atoms with Crippen molar-refractivity contribution in [2.24, 2.45) is 0 Å². The number of nitrogens with one attached hydrogen (secondary N) is 1. The van der Waals surface area contributed by atoms with Crippen LogP contribution in [0.3, 0.4) is 0 Å². The van der Waals surface area contributed by atoms with Crippen molar-refractivity contribution >= 4 is 23.2 Å². The maximum absolute atomic E-state index is 6.16. The molecule has 5 heteroatoms. The zero-order valence-electron chi connectivity index (χ0n) is 10.9. The number of hydrogen-bond donors (Lipinski definition) is 1. The van der Waals surface area contributed by atoms with Crippen LogP contribution in [0.15, 0.2) is 30.6 Å². The highest BCUT2D eigenvalue weighted by atomic mass is 35.5. The molecule has 0 radical (unpaired) electrons. The van der Waals surface area contributed by atoms with Gasteiger partial charge in [-0.3, -0.25) is 0 Å². The van der Waals surface area contributed by atoms with Crippen LogP contribution < -0.4 is 5.32 Å². The van der Waals surface area contributed by atoms with Gasteiger partial charge in [0.1, 0.15) is 0 Å². The Bertz CT molecular complexity index is 537. The molecule has 3 nitrogen and oxygen atoms in total. The fraction of sp³-hybridized carbons (Fsp3) is 0.357. The third kappa shape index (κ3) is 3.96. The van der Waals surface area contributed by atoms with Crippen molar-refractivity contribution in [3.05, 3.63) is 46.2 Å². The molecule has 0 amide bonds. The van der Waals surface area contributed by atoms with Gasteiger partial charge in [0.25, 0.3) is 0 Å². The Morgan fingerprint density at radius 3 is 2.89 bits per heavy atom. The number of rotatable bonds is 6. The predicted molar refractivity (Wildman–Crippen MR) is 80.4 cm³/mol. The van der Waals surface area contributed by atoms with Crippen LogP contribution in [-0.2, 0) is 6.42 Å². The quantitative estimate of drug-likeness (QED) is 0.824. The van der Waals surface area contributed by atoms with Gasteiger partial charge in [-0.05, 0) is 49.7 Å². The van der Waals surface area contributed by atoms with E-state index in [1.165, 1.54) is 5.56 Å². The normalized spacial score (nSPS) is 10.9. The summed E-state index contributed by atoms with van der Waals surface area (Å²) in [4.78, 5) is 0. The van der Waals surface area contributed by atoms with E-state index in [9.17, 15) is 0 Å². The van der Waals surface area contributed by atoms with E-state index in [1.54, 1.807) is 10.7 Å². The van der Waals surface area contributed by atoms with Gasteiger partial charge in [-0.1, -0.05) is 30.1 Å². The first kappa shape index (κ1) is 14.4. The van der Waals surface area contributed by atoms with E-state index in [-0.39, 0.29) is 0 Å². The summed E-state index contributed by atoms with van der Waals surface area (Å²) < 4.78 is 1.79. The van der Waals surface area contributed by atoms with Crippen molar-refractivity contribution < 1.29 is 0 Å². The third-order valence-electron chi connectivity index (χ3n) is 2.86. The summed E-state index contributed by atoms with van der Waals surface area (Å²) in [5.74, 6) is 0. The smallest absolute Gasteiger partial charge is 0.0832 e. The molecule has 1 N–H and O–H groups in total. The number of aromatic nitrogens is 2. The first-order valence-corrected chi connectivity index (χ1v) is 7.16. The second-order valence-electron chi connectivity index (χ2n) is 4.35. The zero-order chi connectivity index (χ0) is 13.7. The van der Waals surface area contributed by atoms with Gasteiger partial charge >= 0.3 is 0 Å². The molecule has 0 saturated heterocycles. The van der Waals surface area contributed by atoms with Crippen LogP contribution in [0.2, 0.25) is 10.0 Å². The van der Waals surface area contributed by atoms with E-state index in [1.807, 2.05) is 24.5 Å². The van der Waals surface area contributed by atoms with Crippen LogP contribution in [0.4, 0.5) is 0 Å². The first-order valence-electron chi connectivity index (χ1n) is 6.40. The largest absolute Gasteiger partial charge is 0.317 e. The summed E-state index contributed by atoms with van der Waals surface area (Å²) in [5, 5.41) is 8.89. The maximum atomic E-state index is 6.16. The van der Waals surface area contributed by atoms with Gasteiger partial charge in [0.2, 0.25) is 0 Å². The second-order valence-corrected chi connectivity index (χ2v) is 5.19. The van der Waals surface area contributed by atoms with Crippen LogP contribution in [0.1, 0.15) is 18.9 Å². The van der Waals surface area contributed by atoms with Crippen LogP contribution >= 0.6 is 23.2 Å². The highest BCUT2D eigenvalue weighted by Crippen LogP contribution is 2.24. The molecule has 0 aliphatic heterocycles. The molecule has 1 heterocycles. The standard InChI is InChI=1S/C14H17Cl2N3/c1-2-17-7-3-4-11-9-18-19(10-11)14-6-5-12(15)8-13(14)16/h5-6,8-10,17H,2-4,7H2,1H3. The van der Waals surface area contributed by atoms with Crippen molar-refractivity contribution in [1.29, 1.82) is 0 Å². The Hall–Kier alpha value is -1.03. The number of nitrogens with zero attached hydrogens (tertiary/aromatic N) is 2. The van der Waals surface area contributed by atoms with E-state index in [0.29, 0.717) is 10.0 Å². The van der Waals surface area contributed by atoms with Crippen molar-refractivity contribution in [2.75, 3.05) is 13.1 Å². The summed E-state index contributed by atoms with van der Waals surface area (Å²) >= 11 is 12.1. The van der Waals surface area contributed by atoms with E-state index >= 15 is 0 Å². The molecule has 0 bridgehead atoms. The molecular weight excluding hydrogens is 281 g/mol. The Labute approximate surface area is 123 Å². The molecule has 2 rings (SSSR count). The number of halogens is 2. The summed E-state index contributed by atoms with van der Waals surface area (Å²) in [6.45, 7) is 4.16. The Balaban J connectivity index is 2.04. The molecule has 1 aromatic heterocycles. The van der Waals surface area contributed by atoms with Crippen molar-refractivity contribution in [3.63, 3.8) is 0 Å². The molecule has 0 fully saturated rings. The van der Waals surface area contributed by atoms with Gasteiger partial charge in [0.05, 0.1) is 16.9 Å². The van der Waals surface area contributed by atoms with E-state index in [2.05, 4.69) is 17.3 Å². The molecular formula is C14H17Cl2N3. The molecule has 0 unspecified atom stereocenters. The lowest BCUT2D eigenvalue weighted by atomic mass is 10.2. The Kier molecular flexibility index (Phi) is 5.25. The van der Waals surface area contributed by atoms with Gasteiger partial charge in [-0.15, -0.1) is 0 Å². The van der Waals surface area contributed by atoms with Gasteiger partial charge in [-0.2, -0.15) is 5.10 Å². The molecule has 2 aromatic rings. The first-order chi connectivity index (χ1) is 9.20. The van der Waals surface area contributed by atoms with E-state index < -0.39 is 0 Å². The summed E-state index contributed by atoms with van der Waals surface area (Å²) in [5.41, 5.74) is 2.06. The molecule has 0 aliphatic rings. The molecule has 0 aliphatic carbocycles. The summed E-state index contributed by atoms with van der Waals surface area (Å²) in [6, 6.07) is 5.42. The van der Waals surface area contributed by atoms with Gasteiger partial charge in [0, 0.05) is 11.2 Å². The van der Waals surface area contributed by atoms with Crippen LogP contribution in [-0.4, -0.2) is 22.9 Å². The fourth-order valence-electron chi connectivity index (χ4n) is 1.88. The second kappa shape index (κ2) is 6.94. The highest BCUT2D eigenvalue weighted by Gasteiger charge is 2.05. The molecule has 102 valence electrons. The minimum absolute atomic E-state index is 0.606. The molecule has 0 saturated carbocycles. The van der Waals surface area contributed by atoms with Crippen LogP contribution in [0.5, 0.6) is 0 Å². The third-order valence-corrected chi connectivity index (χ3v) is 3.40.